The lowest BCUT2D eigenvalue weighted by Gasteiger charge is -2.28. The second-order valence-electron chi connectivity index (χ2n) is 5.99. The molecule has 2 N–H and O–H groups in total. The summed E-state index contributed by atoms with van der Waals surface area (Å²) in [7, 11) is 0. The van der Waals surface area contributed by atoms with E-state index in [0.29, 0.717) is 24.8 Å². The number of carbonyl (C=O) groups is 1. The minimum Gasteiger partial charge on any atom is -0.352 e. The number of amides is 1. The van der Waals surface area contributed by atoms with Crippen LogP contribution in [0.15, 0.2) is 24.3 Å². The molecular formula is C16H24ClN3O3. The first kappa shape index (κ1) is 19.4. The Bertz CT molecular complexity index is 516. The Labute approximate surface area is 142 Å². The van der Waals surface area contributed by atoms with Crippen molar-refractivity contribution in [3.05, 3.63) is 39.9 Å². The lowest BCUT2D eigenvalue weighted by atomic mass is 9.85. The van der Waals surface area contributed by atoms with Crippen molar-refractivity contribution in [2.24, 2.45) is 11.8 Å². The maximum Gasteiger partial charge on any atom is 0.269 e. The molecule has 128 valence electrons. The molecule has 1 aromatic carbocycles. The first-order valence-electron chi connectivity index (χ1n) is 7.77. The van der Waals surface area contributed by atoms with Crippen LogP contribution in [-0.2, 0) is 11.3 Å². The van der Waals surface area contributed by atoms with Crippen LogP contribution in [0.25, 0.3) is 0 Å². The normalized spacial score (nSPS) is 18.6. The molecule has 2 rings (SSSR count). The van der Waals surface area contributed by atoms with Crippen molar-refractivity contribution >= 4 is 24.0 Å². The highest BCUT2D eigenvalue weighted by molar-refractivity contribution is 5.85. The third-order valence-electron chi connectivity index (χ3n) is 4.28. The molecule has 0 saturated carbocycles. The number of halogens is 1. The molecule has 0 spiro atoms. The molecule has 2 atom stereocenters. The zero-order valence-corrected chi connectivity index (χ0v) is 14.1. The molecule has 1 aliphatic rings. The number of benzene rings is 1. The fourth-order valence-electron chi connectivity index (χ4n) is 2.83. The van der Waals surface area contributed by atoms with Crippen LogP contribution in [0.5, 0.6) is 0 Å². The molecule has 1 heterocycles. The number of nitrogens with zero attached hydrogens (tertiary/aromatic N) is 1. The summed E-state index contributed by atoms with van der Waals surface area (Å²) >= 11 is 0. The van der Waals surface area contributed by atoms with Crippen molar-refractivity contribution in [3.63, 3.8) is 0 Å². The van der Waals surface area contributed by atoms with Gasteiger partial charge in [0.15, 0.2) is 0 Å². The predicted octanol–water partition coefficient (Wildman–Crippen LogP) is 2.66. The Balaban J connectivity index is 0.00000264. The Morgan fingerprint density at radius 1 is 1.43 bits per heavy atom. The van der Waals surface area contributed by atoms with Gasteiger partial charge in [-0.1, -0.05) is 19.1 Å². The molecule has 2 unspecified atom stereocenters. The van der Waals surface area contributed by atoms with E-state index in [1.807, 2.05) is 0 Å². The van der Waals surface area contributed by atoms with Gasteiger partial charge >= 0.3 is 0 Å². The third-order valence-corrected chi connectivity index (χ3v) is 4.28. The van der Waals surface area contributed by atoms with E-state index in [9.17, 15) is 14.9 Å². The Morgan fingerprint density at radius 3 is 2.70 bits per heavy atom. The van der Waals surface area contributed by atoms with Gasteiger partial charge in [0.1, 0.15) is 0 Å². The van der Waals surface area contributed by atoms with E-state index >= 15 is 0 Å². The number of rotatable bonds is 6. The van der Waals surface area contributed by atoms with Gasteiger partial charge in [-0.15, -0.1) is 12.4 Å². The molecule has 0 radical (unpaired) electrons. The number of nitrogens with one attached hydrogen (secondary N) is 2. The van der Waals surface area contributed by atoms with E-state index in [0.717, 1.165) is 18.7 Å². The first-order valence-corrected chi connectivity index (χ1v) is 7.77. The SMILES string of the molecule is CC(CC(=O)NCc1ccc([N+](=O)[O-])cc1)C1CCCNC1.Cl. The van der Waals surface area contributed by atoms with E-state index in [4.69, 9.17) is 0 Å². The summed E-state index contributed by atoms with van der Waals surface area (Å²) in [6, 6.07) is 6.26. The average molecular weight is 342 g/mol. The summed E-state index contributed by atoms with van der Waals surface area (Å²) in [5.74, 6) is 0.972. The Morgan fingerprint density at radius 2 is 2.13 bits per heavy atom. The number of hydrogen-bond donors (Lipinski definition) is 2. The zero-order chi connectivity index (χ0) is 15.9. The topological polar surface area (TPSA) is 84.3 Å². The standard InChI is InChI=1S/C16H23N3O3.ClH/c1-12(14-3-2-8-17-11-14)9-16(20)18-10-13-4-6-15(7-5-13)19(21)22;/h4-7,12,14,17H,2-3,8-11H2,1H3,(H,18,20);1H. The van der Waals surface area contributed by atoms with Crippen molar-refractivity contribution in [1.82, 2.24) is 10.6 Å². The highest BCUT2D eigenvalue weighted by atomic mass is 35.5. The van der Waals surface area contributed by atoms with E-state index in [1.54, 1.807) is 12.1 Å². The van der Waals surface area contributed by atoms with Crippen molar-refractivity contribution in [3.8, 4) is 0 Å². The predicted molar refractivity (Wildman–Crippen MR) is 91.6 cm³/mol. The molecule has 0 aromatic heterocycles. The fraction of sp³-hybridized carbons (Fsp3) is 0.562. The minimum atomic E-state index is -0.428. The second-order valence-corrected chi connectivity index (χ2v) is 5.99. The first-order chi connectivity index (χ1) is 10.6. The van der Waals surface area contributed by atoms with E-state index in [2.05, 4.69) is 17.6 Å². The molecule has 1 fully saturated rings. The van der Waals surface area contributed by atoms with Crippen LogP contribution in [0.2, 0.25) is 0 Å². The van der Waals surface area contributed by atoms with Gasteiger partial charge in [0.25, 0.3) is 5.69 Å². The van der Waals surface area contributed by atoms with Crippen LogP contribution in [-0.4, -0.2) is 23.9 Å². The Kier molecular flexibility index (Phi) is 7.98. The van der Waals surface area contributed by atoms with Crippen molar-refractivity contribution in [2.75, 3.05) is 13.1 Å². The summed E-state index contributed by atoms with van der Waals surface area (Å²) in [6.07, 6.45) is 2.89. The molecule has 0 bridgehead atoms. The number of piperidine rings is 1. The number of nitro groups is 1. The molecule has 23 heavy (non-hydrogen) atoms. The molecule has 1 aromatic rings. The van der Waals surface area contributed by atoms with Crippen LogP contribution in [0.1, 0.15) is 31.7 Å². The number of nitro benzene ring substituents is 1. The number of hydrogen-bond acceptors (Lipinski definition) is 4. The maximum atomic E-state index is 12.0. The summed E-state index contributed by atoms with van der Waals surface area (Å²) in [5, 5.41) is 16.8. The minimum absolute atomic E-state index is 0. The summed E-state index contributed by atoms with van der Waals surface area (Å²) in [5.41, 5.74) is 0.930. The summed E-state index contributed by atoms with van der Waals surface area (Å²) in [6.45, 7) is 4.61. The molecular weight excluding hydrogens is 318 g/mol. The van der Waals surface area contributed by atoms with Gasteiger partial charge in [0.05, 0.1) is 4.92 Å². The van der Waals surface area contributed by atoms with E-state index < -0.39 is 4.92 Å². The van der Waals surface area contributed by atoms with Gasteiger partial charge in [0.2, 0.25) is 5.91 Å². The van der Waals surface area contributed by atoms with Gasteiger partial charge in [-0.3, -0.25) is 14.9 Å². The second kappa shape index (κ2) is 9.47. The van der Waals surface area contributed by atoms with E-state index in [1.165, 1.54) is 25.0 Å². The van der Waals surface area contributed by atoms with Crippen molar-refractivity contribution < 1.29 is 9.72 Å². The monoisotopic (exact) mass is 341 g/mol. The molecule has 0 aliphatic carbocycles. The highest BCUT2D eigenvalue weighted by Crippen LogP contribution is 2.22. The van der Waals surface area contributed by atoms with Crippen LogP contribution < -0.4 is 10.6 Å². The quantitative estimate of drug-likeness (QED) is 0.615. The molecule has 6 nitrogen and oxygen atoms in total. The average Bonchev–Trinajstić information content (AvgIpc) is 2.54. The van der Waals surface area contributed by atoms with Gasteiger partial charge in [-0.05, 0) is 43.3 Å². The highest BCUT2D eigenvalue weighted by Gasteiger charge is 2.21. The lowest BCUT2D eigenvalue weighted by molar-refractivity contribution is -0.384. The van der Waals surface area contributed by atoms with Crippen LogP contribution >= 0.6 is 12.4 Å². The molecule has 1 saturated heterocycles. The van der Waals surface area contributed by atoms with Gasteiger partial charge in [-0.2, -0.15) is 0 Å². The lowest BCUT2D eigenvalue weighted by Crippen LogP contribution is -2.35. The Hall–Kier alpha value is -1.66. The fourth-order valence-corrected chi connectivity index (χ4v) is 2.83. The van der Waals surface area contributed by atoms with Gasteiger partial charge in [-0.25, -0.2) is 0 Å². The van der Waals surface area contributed by atoms with Gasteiger partial charge < -0.3 is 10.6 Å². The molecule has 7 heteroatoms. The number of carbonyl (C=O) groups excluding carboxylic acids is 1. The number of non-ortho nitro benzene ring substituents is 1. The van der Waals surface area contributed by atoms with Crippen LogP contribution in [0, 0.1) is 22.0 Å². The van der Waals surface area contributed by atoms with Crippen LogP contribution in [0.3, 0.4) is 0 Å². The zero-order valence-electron chi connectivity index (χ0n) is 13.3. The maximum absolute atomic E-state index is 12.0. The summed E-state index contributed by atoms with van der Waals surface area (Å²) in [4.78, 5) is 22.2. The third kappa shape index (κ3) is 6.15. The largest absolute Gasteiger partial charge is 0.352 e. The van der Waals surface area contributed by atoms with Gasteiger partial charge in [0, 0.05) is 25.1 Å². The molecule has 1 aliphatic heterocycles. The van der Waals surface area contributed by atoms with Crippen molar-refractivity contribution in [1.29, 1.82) is 0 Å². The van der Waals surface area contributed by atoms with Crippen molar-refractivity contribution in [2.45, 2.75) is 32.7 Å². The smallest absolute Gasteiger partial charge is 0.269 e. The van der Waals surface area contributed by atoms with Crippen LogP contribution in [0.4, 0.5) is 5.69 Å². The summed E-state index contributed by atoms with van der Waals surface area (Å²) < 4.78 is 0. The van der Waals surface area contributed by atoms with E-state index in [-0.39, 0.29) is 24.0 Å². The molecule has 1 amide bonds.